The minimum absolute atomic E-state index is 0.0644. The summed E-state index contributed by atoms with van der Waals surface area (Å²) in [7, 11) is 0. The third-order valence-electron chi connectivity index (χ3n) is 2.80. The van der Waals surface area contributed by atoms with Gasteiger partial charge in [-0.25, -0.2) is 4.98 Å². The van der Waals surface area contributed by atoms with E-state index in [4.69, 9.17) is 9.52 Å². The Morgan fingerprint density at radius 1 is 1.30 bits per heavy atom. The lowest BCUT2D eigenvalue weighted by Gasteiger charge is -2.08. The highest BCUT2D eigenvalue weighted by Gasteiger charge is 2.13. The molecule has 20 heavy (non-hydrogen) atoms. The quantitative estimate of drug-likeness (QED) is 0.683. The smallest absolute Gasteiger partial charge is 0.250 e. The molecule has 100 valence electrons. The fraction of sp³-hybridized carbons (Fsp3) is 0.0714. The number of benzene rings is 2. The number of hydrogen-bond donors (Lipinski definition) is 2. The van der Waals surface area contributed by atoms with Crippen LogP contribution >= 0.6 is 0 Å². The number of aromatic nitrogens is 1. The van der Waals surface area contributed by atoms with Gasteiger partial charge in [-0.1, -0.05) is 12.1 Å². The lowest BCUT2D eigenvalue weighted by atomic mass is 10.2. The van der Waals surface area contributed by atoms with E-state index in [-0.39, 0.29) is 5.69 Å². The number of carbonyl (C=O) groups excluding carboxylic acids is 1. The van der Waals surface area contributed by atoms with Crippen molar-refractivity contribution >= 4 is 22.7 Å². The average Bonchev–Trinajstić information content (AvgIpc) is 2.46. The Bertz CT molecular complexity index is 825. The maximum absolute atomic E-state index is 11.8. The average molecular weight is 270 g/mol. The van der Waals surface area contributed by atoms with Gasteiger partial charge in [0.1, 0.15) is 17.8 Å². The van der Waals surface area contributed by atoms with Crippen molar-refractivity contribution in [1.29, 1.82) is 0 Å². The summed E-state index contributed by atoms with van der Waals surface area (Å²) >= 11 is 0. The molecule has 3 rings (SSSR count). The number of hydrogen-bond acceptors (Lipinski definition) is 5. The molecular weight excluding hydrogens is 260 g/mol. The number of aliphatic hydroxyl groups is 1. The van der Waals surface area contributed by atoms with Gasteiger partial charge in [-0.3, -0.25) is 9.59 Å². The molecule has 1 aliphatic carbocycles. The molecule has 1 aliphatic heterocycles. The molecule has 2 N–H and O–H groups in total. The van der Waals surface area contributed by atoms with Crippen LogP contribution in [0.2, 0.25) is 0 Å². The molecular formula is C14H10N2O4. The number of aliphatic hydroxyl groups excluding tert-OH is 1. The van der Waals surface area contributed by atoms with E-state index in [0.717, 1.165) is 0 Å². The summed E-state index contributed by atoms with van der Waals surface area (Å²) < 4.78 is 5.59. The standard InChI is InChI=1S/C14H10N2O4/c17-7-14(19)16-9-5-10-13(6-11(9)18)20-12-4-2-1-3-8(12)15-10/h1-6,17H,7H2,(H,16,19). The fourth-order valence-electron chi connectivity index (χ4n) is 1.89. The molecule has 0 unspecified atom stereocenters. The topological polar surface area (TPSA) is 92.4 Å². The van der Waals surface area contributed by atoms with E-state index in [9.17, 15) is 9.59 Å². The first kappa shape index (κ1) is 12.3. The number of nitrogens with zero attached hydrogens (tertiary/aromatic N) is 1. The Hall–Kier alpha value is -2.73. The fourth-order valence-corrected chi connectivity index (χ4v) is 1.89. The van der Waals surface area contributed by atoms with E-state index in [1.165, 1.54) is 12.1 Å². The zero-order valence-electron chi connectivity index (χ0n) is 10.3. The lowest BCUT2D eigenvalue weighted by molar-refractivity contribution is -0.118. The number of para-hydroxylation sites is 2. The third-order valence-corrected chi connectivity index (χ3v) is 2.80. The zero-order valence-corrected chi connectivity index (χ0v) is 10.3. The highest BCUT2D eigenvalue weighted by atomic mass is 16.3. The Labute approximate surface area is 113 Å². The van der Waals surface area contributed by atoms with Crippen molar-refractivity contribution in [2.75, 3.05) is 11.9 Å². The predicted molar refractivity (Wildman–Crippen MR) is 72.6 cm³/mol. The monoisotopic (exact) mass is 270 g/mol. The molecule has 0 saturated heterocycles. The van der Waals surface area contributed by atoms with Gasteiger partial charge in [-0.05, 0) is 18.2 Å². The third kappa shape index (κ3) is 2.12. The van der Waals surface area contributed by atoms with Crippen LogP contribution in [0.4, 0.5) is 5.69 Å². The van der Waals surface area contributed by atoms with Crippen LogP contribution in [0.25, 0.3) is 22.6 Å². The van der Waals surface area contributed by atoms with Gasteiger partial charge in [-0.2, -0.15) is 0 Å². The molecule has 0 spiro atoms. The van der Waals surface area contributed by atoms with Crippen LogP contribution in [0.15, 0.2) is 45.6 Å². The first-order valence-corrected chi connectivity index (χ1v) is 5.92. The maximum Gasteiger partial charge on any atom is 0.250 e. The van der Waals surface area contributed by atoms with Gasteiger partial charge >= 0.3 is 0 Å². The summed E-state index contributed by atoms with van der Waals surface area (Å²) in [6.45, 7) is -0.687. The highest BCUT2D eigenvalue weighted by molar-refractivity contribution is 5.92. The Morgan fingerprint density at radius 3 is 2.90 bits per heavy atom. The molecule has 1 aromatic rings. The van der Waals surface area contributed by atoms with Gasteiger partial charge in [-0.15, -0.1) is 0 Å². The van der Waals surface area contributed by atoms with Crippen molar-refractivity contribution in [2.45, 2.75) is 0 Å². The van der Waals surface area contributed by atoms with Gasteiger partial charge in [0.15, 0.2) is 11.3 Å². The van der Waals surface area contributed by atoms with E-state index in [1.807, 2.05) is 12.1 Å². The molecule has 0 aromatic heterocycles. The molecule has 0 bridgehead atoms. The van der Waals surface area contributed by atoms with E-state index in [2.05, 4.69) is 10.3 Å². The molecule has 0 radical (unpaired) electrons. The molecule has 0 fully saturated rings. The molecule has 0 atom stereocenters. The van der Waals surface area contributed by atoms with Crippen molar-refractivity contribution in [3.8, 4) is 11.5 Å². The predicted octanol–water partition coefficient (Wildman–Crippen LogP) is 1.22. The van der Waals surface area contributed by atoms with Crippen LogP contribution in [-0.4, -0.2) is 22.6 Å². The number of fused-ring (bicyclic) bond motifs is 2. The summed E-state index contributed by atoms with van der Waals surface area (Å²) in [6, 6.07) is 9.88. The van der Waals surface area contributed by atoms with Crippen molar-refractivity contribution in [3.63, 3.8) is 0 Å². The van der Waals surface area contributed by atoms with Crippen LogP contribution in [0.1, 0.15) is 0 Å². The zero-order chi connectivity index (χ0) is 14.1. The van der Waals surface area contributed by atoms with Crippen molar-refractivity contribution in [1.82, 2.24) is 4.98 Å². The van der Waals surface area contributed by atoms with Crippen LogP contribution in [0.3, 0.4) is 0 Å². The lowest BCUT2D eigenvalue weighted by Crippen LogP contribution is -2.20. The Kier molecular flexibility index (Phi) is 2.92. The van der Waals surface area contributed by atoms with Gasteiger partial charge in [0, 0.05) is 6.07 Å². The minimum Gasteiger partial charge on any atom is -0.453 e. The largest absolute Gasteiger partial charge is 0.453 e. The molecule has 1 amide bonds. The van der Waals surface area contributed by atoms with Crippen LogP contribution in [0.5, 0.6) is 0 Å². The van der Waals surface area contributed by atoms with Crippen LogP contribution in [0, 0.1) is 0 Å². The number of nitrogens with one attached hydrogen (secondary N) is 1. The first-order chi connectivity index (χ1) is 9.67. The summed E-state index contributed by atoms with van der Waals surface area (Å²) in [4.78, 5) is 27.3. The first-order valence-electron chi connectivity index (χ1n) is 5.92. The minimum atomic E-state index is -0.687. The number of anilines is 1. The van der Waals surface area contributed by atoms with Crippen LogP contribution < -0.4 is 10.7 Å². The van der Waals surface area contributed by atoms with E-state index in [0.29, 0.717) is 22.6 Å². The second-order valence-corrected chi connectivity index (χ2v) is 4.20. The Balaban J connectivity index is 2.19. The van der Waals surface area contributed by atoms with E-state index in [1.54, 1.807) is 12.1 Å². The second-order valence-electron chi connectivity index (χ2n) is 4.20. The molecule has 0 saturated carbocycles. The summed E-state index contributed by atoms with van der Waals surface area (Å²) in [5, 5.41) is 11.0. The van der Waals surface area contributed by atoms with Crippen molar-refractivity contribution in [3.05, 3.63) is 46.6 Å². The van der Waals surface area contributed by atoms with Gasteiger partial charge in [0.05, 0.1) is 5.69 Å². The normalized spacial score (nSPS) is 10.8. The second kappa shape index (κ2) is 4.75. The molecule has 2 aliphatic rings. The molecule has 1 aromatic carbocycles. The van der Waals surface area contributed by atoms with E-state index < -0.39 is 17.9 Å². The van der Waals surface area contributed by atoms with Gasteiger partial charge in [0.25, 0.3) is 0 Å². The molecule has 6 nitrogen and oxygen atoms in total. The summed E-state index contributed by atoms with van der Waals surface area (Å²) in [6.07, 6.45) is 0. The van der Waals surface area contributed by atoms with E-state index >= 15 is 0 Å². The number of amides is 1. The van der Waals surface area contributed by atoms with Gasteiger partial charge < -0.3 is 14.8 Å². The SMILES string of the molecule is O=C(CO)Nc1cc2nc3ccccc3oc-2cc1=O. The van der Waals surface area contributed by atoms with Gasteiger partial charge in [0.2, 0.25) is 11.3 Å². The summed E-state index contributed by atoms with van der Waals surface area (Å²) in [5.41, 5.74) is 1.34. The molecule has 6 heteroatoms. The Morgan fingerprint density at radius 2 is 2.10 bits per heavy atom. The highest BCUT2D eigenvalue weighted by Crippen LogP contribution is 2.25. The van der Waals surface area contributed by atoms with Crippen molar-refractivity contribution in [2.24, 2.45) is 0 Å². The summed E-state index contributed by atoms with van der Waals surface area (Å²) in [5.74, 6) is -0.310. The molecule has 1 heterocycles. The van der Waals surface area contributed by atoms with Crippen molar-refractivity contribution < 1.29 is 14.3 Å². The van der Waals surface area contributed by atoms with Crippen LogP contribution in [-0.2, 0) is 4.79 Å². The number of carbonyl (C=O) groups is 1. The maximum atomic E-state index is 11.8. The number of rotatable bonds is 2.